The average molecular weight is 351 g/mol. The maximum atomic E-state index is 12.5. The molecule has 0 spiro atoms. The number of hydrogen-bond acceptors (Lipinski definition) is 4. The first kappa shape index (κ1) is 17.9. The van der Waals surface area contributed by atoms with Crippen LogP contribution in [0.15, 0.2) is 36.4 Å². The van der Waals surface area contributed by atoms with E-state index in [0.717, 1.165) is 11.1 Å². The van der Waals surface area contributed by atoms with E-state index in [1.807, 2.05) is 13.8 Å². The first-order chi connectivity index (χ1) is 12.3. The molecule has 0 radical (unpaired) electrons. The molecule has 0 N–H and O–H groups in total. The van der Waals surface area contributed by atoms with Crippen molar-refractivity contribution in [3.05, 3.63) is 64.2 Å². The van der Waals surface area contributed by atoms with Gasteiger partial charge in [-0.2, -0.15) is 0 Å². The zero-order valence-electron chi connectivity index (χ0n) is 15.3. The van der Waals surface area contributed by atoms with E-state index >= 15 is 0 Å². The number of carbonyl (C=O) groups is 3. The Balaban J connectivity index is 1.76. The fraction of sp³-hybridized carbons (Fsp3) is 0.286. The van der Waals surface area contributed by atoms with Gasteiger partial charge in [0, 0.05) is 5.56 Å². The van der Waals surface area contributed by atoms with E-state index in [4.69, 9.17) is 4.74 Å². The van der Waals surface area contributed by atoms with Gasteiger partial charge in [-0.3, -0.25) is 19.3 Å². The van der Waals surface area contributed by atoms with Crippen LogP contribution in [0.4, 0.5) is 0 Å². The van der Waals surface area contributed by atoms with Crippen LogP contribution in [0.25, 0.3) is 0 Å². The van der Waals surface area contributed by atoms with E-state index in [0.29, 0.717) is 22.4 Å². The van der Waals surface area contributed by atoms with Crippen LogP contribution in [0.3, 0.4) is 0 Å². The highest BCUT2D eigenvalue weighted by Gasteiger charge is 2.38. The molecule has 0 saturated heterocycles. The number of carbonyl (C=O) groups excluding carboxylic acids is 3. The van der Waals surface area contributed by atoms with Gasteiger partial charge in [-0.25, -0.2) is 0 Å². The summed E-state index contributed by atoms with van der Waals surface area (Å²) in [6.07, 6.45) is 0. The third kappa shape index (κ3) is 3.01. The molecule has 0 fully saturated rings. The van der Waals surface area contributed by atoms with Gasteiger partial charge in [-0.05, 0) is 63.1 Å². The Morgan fingerprint density at radius 3 is 2.00 bits per heavy atom. The first-order valence-electron chi connectivity index (χ1n) is 8.53. The lowest BCUT2D eigenvalue weighted by molar-refractivity contribution is 0.0550. The number of rotatable bonds is 5. The van der Waals surface area contributed by atoms with E-state index in [1.165, 1.54) is 11.8 Å². The molecule has 134 valence electrons. The van der Waals surface area contributed by atoms with Crippen molar-refractivity contribution in [1.82, 2.24) is 4.90 Å². The zero-order valence-corrected chi connectivity index (χ0v) is 15.3. The fourth-order valence-electron chi connectivity index (χ4n) is 3.27. The van der Waals surface area contributed by atoms with Crippen molar-refractivity contribution in [2.24, 2.45) is 0 Å². The fourth-order valence-corrected chi connectivity index (χ4v) is 3.27. The van der Waals surface area contributed by atoms with Gasteiger partial charge < -0.3 is 4.74 Å². The van der Waals surface area contributed by atoms with Gasteiger partial charge in [0.2, 0.25) is 0 Å². The molecule has 1 unspecified atom stereocenters. The highest BCUT2D eigenvalue weighted by atomic mass is 16.5. The van der Waals surface area contributed by atoms with Crippen molar-refractivity contribution in [2.45, 2.75) is 33.7 Å². The van der Waals surface area contributed by atoms with Gasteiger partial charge in [0.15, 0.2) is 5.78 Å². The molecule has 5 heteroatoms. The second-order valence-electron chi connectivity index (χ2n) is 6.68. The molecule has 0 saturated carbocycles. The Hall–Kier alpha value is -2.95. The monoisotopic (exact) mass is 351 g/mol. The van der Waals surface area contributed by atoms with E-state index < -0.39 is 6.04 Å². The lowest BCUT2D eigenvalue weighted by atomic mass is 10.0. The molecule has 1 atom stereocenters. The maximum absolute atomic E-state index is 12.5. The Labute approximate surface area is 152 Å². The van der Waals surface area contributed by atoms with Gasteiger partial charge in [-0.1, -0.05) is 12.1 Å². The lowest BCUT2D eigenvalue weighted by Gasteiger charge is -2.23. The second kappa shape index (κ2) is 6.75. The number of ether oxygens (including phenoxy) is 1. The number of imide groups is 1. The predicted octanol–water partition coefficient (Wildman–Crippen LogP) is 3.57. The van der Waals surface area contributed by atoms with Crippen LogP contribution in [0, 0.1) is 13.8 Å². The molecule has 1 heterocycles. The number of hydrogen-bond donors (Lipinski definition) is 0. The normalized spacial score (nSPS) is 14.4. The topological polar surface area (TPSA) is 63.7 Å². The Bertz CT molecular complexity index is 858. The van der Waals surface area contributed by atoms with Crippen LogP contribution in [0.5, 0.6) is 5.75 Å². The molecule has 0 bridgehead atoms. The molecule has 2 aromatic rings. The van der Waals surface area contributed by atoms with Crippen molar-refractivity contribution >= 4 is 17.6 Å². The number of aryl methyl sites for hydroxylation is 2. The summed E-state index contributed by atoms with van der Waals surface area (Å²) in [6, 6.07) is 9.99. The van der Waals surface area contributed by atoms with E-state index in [2.05, 4.69) is 0 Å². The summed E-state index contributed by atoms with van der Waals surface area (Å²) in [5, 5.41) is 0. The minimum absolute atomic E-state index is 0.00198. The summed E-state index contributed by atoms with van der Waals surface area (Å²) < 4.78 is 5.91. The minimum atomic E-state index is -0.409. The summed E-state index contributed by atoms with van der Waals surface area (Å²) in [7, 11) is 0. The molecule has 5 nitrogen and oxygen atoms in total. The molecule has 1 aliphatic rings. The number of amides is 2. The molecule has 3 rings (SSSR count). The Kier molecular flexibility index (Phi) is 4.64. The summed E-state index contributed by atoms with van der Waals surface area (Å²) in [5.74, 6) is 0.102. The number of nitrogens with zero attached hydrogens (tertiary/aromatic N) is 1. The van der Waals surface area contributed by atoms with Gasteiger partial charge in [0.25, 0.3) is 11.8 Å². The van der Waals surface area contributed by atoms with Gasteiger partial charge >= 0.3 is 0 Å². The smallest absolute Gasteiger partial charge is 0.261 e. The Morgan fingerprint density at radius 1 is 1.04 bits per heavy atom. The van der Waals surface area contributed by atoms with Gasteiger partial charge in [0.1, 0.15) is 12.4 Å². The van der Waals surface area contributed by atoms with Crippen LogP contribution in [-0.2, 0) is 0 Å². The molecule has 0 aromatic heterocycles. The second-order valence-corrected chi connectivity index (χ2v) is 6.68. The van der Waals surface area contributed by atoms with Crippen LogP contribution in [0.2, 0.25) is 0 Å². The molecule has 2 aromatic carbocycles. The van der Waals surface area contributed by atoms with Crippen molar-refractivity contribution < 1.29 is 19.1 Å². The van der Waals surface area contributed by atoms with Crippen LogP contribution >= 0.6 is 0 Å². The van der Waals surface area contributed by atoms with Crippen molar-refractivity contribution in [1.29, 1.82) is 0 Å². The van der Waals surface area contributed by atoms with Crippen molar-refractivity contribution in [2.75, 3.05) is 6.61 Å². The number of fused-ring (bicyclic) bond motifs is 1. The number of Topliss-reactive ketones (excluding diaryl/α,β-unsaturated/α-hetero) is 1. The lowest BCUT2D eigenvalue weighted by Crippen LogP contribution is -2.41. The highest BCUT2D eigenvalue weighted by Crippen LogP contribution is 2.27. The SMILES string of the molecule is CC(=O)c1cc(C)c(OCC(C)N2C(=O)c3ccccc3C2=O)c(C)c1. The van der Waals surface area contributed by atoms with E-state index in [9.17, 15) is 14.4 Å². The molecule has 0 aliphatic carbocycles. The number of benzene rings is 2. The van der Waals surface area contributed by atoms with Crippen LogP contribution < -0.4 is 4.74 Å². The highest BCUT2D eigenvalue weighted by molar-refractivity contribution is 6.21. The molecule has 1 aliphatic heterocycles. The molecular weight excluding hydrogens is 330 g/mol. The van der Waals surface area contributed by atoms with Crippen LogP contribution in [0.1, 0.15) is 56.0 Å². The standard InChI is InChI=1S/C21H21NO4/c1-12-9-16(15(4)23)10-13(2)19(12)26-11-14(3)22-20(24)17-7-5-6-8-18(17)21(22)25/h5-10,14H,11H2,1-4H3. The molecule has 26 heavy (non-hydrogen) atoms. The quantitative estimate of drug-likeness (QED) is 0.610. The van der Waals surface area contributed by atoms with E-state index in [1.54, 1.807) is 43.3 Å². The summed E-state index contributed by atoms with van der Waals surface area (Å²) in [6.45, 7) is 7.25. The zero-order chi connectivity index (χ0) is 19.0. The number of ketones is 1. The third-order valence-electron chi connectivity index (χ3n) is 4.60. The average Bonchev–Trinajstić information content (AvgIpc) is 2.85. The first-order valence-corrected chi connectivity index (χ1v) is 8.53. The molecular formula is C21H21NO4. The van der Waals surface area contributed by atoms with Gasteiger partial charge in [0.05, 0.1) is 17.2 Å². The minimum Gasteiger partial charge on any atom is -0.491 e. The Morgan fingerprint density at radius 2 is 1.54 bits per heavy atom. The largest absolute Gasteiger partial charge is 0.491 e. The summed E-state index contributed by atoms with van der Waals surface area (Å²) in [4.78, 5) is 37.9. The van der Waals surface area contributed by atoms with Crippen molar-refractivity contribution in [3.8, 4) is 5.75 Å². The third-order valence-corrected chi connectivity index (χ3v) is 4.60. The maximum Gasteiger partial charge on any atom is 0.261 e. The predicted molar refractivity (Wildman–Crippen MR) is 97.8 cm³/mol. The van der Waals surface area contributed by atoms with Crippen LogP contribution in [-0.4, -0.2) is 35.1 Å². The van der Waals surface area contributed by atoms with Gasteiger partial charge in [-0.15, -0.1) is 0 Å². The molecule has 2 amide bonds. The van der Waals surface area contributed by atoms with E-state index in [-0.39, 0.29) is 24.2 Å². The summed E-state index contributed by atoms with van der Waals surface area (Å²) in [5.41, 5.74) is 3.21. The summed E-state index contributed by atoms with van der Waals surface area (Å²) >= 11 is 0. The van der Waals surface area contributed by atoms with Crippen molar-refractivity contribution in [3.63, 3.8) is 0 Å².